The van der Waals surface area contributed by atoms with E-state index >= 15 is 0 Å². The summed E-state index contributed by atoms with van der Waals surface area (Å²) in [5, 5.41) is 7.55. The third-order valence-electron chi connectivity index (χ3n) is 6.20. The molecule has 2 aliphatic heterocycles. The molecular weight excluding hydrogens is 445 g/mol. The number of hydrogen-bond acceptors (Lipinski definition) is 6. The van der Waals surface area contributed by atoms with Gasteiger partial charge in [-0.25, -0.2) is 19.4 Å². The molecular formula is C26H18FN7O. The van der Waals surface area contributed by atoms with Crippen molar-refractivity contribution in [3.63, 3.8) is 0 Å². The molecule has 0 radical (unpaired) electrons. The van der Waals surface area contributed by atoms with E-state index in [1.165, 1.54) is 24.9 Å². The highest BCUT2D eigenvalue weighted by molar-refractivity contribution is 5.96. The third-order valence-corrected chi connectivity index (χ3v) is 6.20. The van der Waals surface area contributed by atoms with Gasteiger partial charge in [0.1, 0.15) is 17.1 Å². The average molecular weight is 463 g/mol. The summed E-state index contributed by atoms with van der Waals surface area (Å²) < 4.78 is 19.4. The van der Waals surface area contributed by atoms with Gasteiger partial charge in [-0.05, 0) is 42.0 Å². The van der Waals surface area contributed by atoms with Gasteiger partial charge in [0.15, 0.2) is 11.5 Å². The second-order valence-corrected chi connectivity index (χ2v) is 8.44. The van der Waals surface area contributed by atoms with Crippen molar-refractivity contribution in [3.05, 3.63) is 78.0 Å². The lowest BCUT2D eigenvalue weighted by Crippen LogP contribution is -1.89. The zero-order valence-electron chi connectivity index (χ0n) is 18.6. The maximum atomic E-state index is 14.2. The van der Waals surface area contributed by atoms with E-state index in [9.17, 15) is 4.39 Å². The van der Waals surface area contributed by atoms with Crippen molar-refractivity contribution < 1.29 is 9.13 Å². The molecule has 1 saturated heterocycles. The number of H-pyrrole nitrogens is 2. The van der Waals surface area contributed by atoms with E-state index in [2.05, 4.69) is 31.1 Å². The Morgan fingerprint density at radius 1 is 1.03 bits per heavy atom. The van der Waals surface area contributed by atoms with Crippen molar-refractivity contribution in [2.45, 2.75) is 0 Å². The second kappa shape index (κ2) is 7.36. The van der Waals surface area contributed by atoms with Gasteiger partial charge >= 0.3 is 0 Å². The van der Waals surface area contributed by atoms with Crippen LogP contribution < -0.4 is 4.74 Å². The summed E-state index contributed by atoms with van der Waals surface area (Å²) in [5.74, 6) is 0.652. The number of aromatic nitrogens is 5. The van der Waals surface area contributed by atoms with E-state index in [1.807, 2.05) is 42.9 Å². The van der Waals surface area contributed by atoms with Crippen LogP contribution in [-0.2, 0) is 0 Å². The fraction of sp³-hybridized carbons (Fsp3) is 0.0769. The molecule has 0 spiro atoms. The van der Waals surface area contributed by atoms with Crippen LogP contribution >= 0.6 is 0 Å². The van der Waals surface area contributed by atoms with Crippen molar-refractivity contribution in [1.82, 2.24) is 30.0 Å². The van der Waals surface area contributed by atoms with Crippen LogP contribution in [0.2, 0.25) is 0 Å². The molecule has 7 rings (SSSR count). The Hall–Kier alpha value is -4.79. The monoisotopic (exact) mass is 463 g/mol. The molecule has 9 heteroatoms. The van der Waals surface area contributed by atoms with Gasteiger partial charge < -0.3 is 14.6 Å². The van der Waals surface area contributed by atoms with Gasteiger partial charge in [0, 0.05) is 29.1 Å². The molecule has 2 aromatic carbocycles. The Morgan fingerprint density at radius 2 is 1.97 bits per heavy atom. The number of allylic oxidation sites excluding steroid dienone is 2. The number of ether oxygens (including phenoxy) is 1. The Balaban J connectivity index is 1.35. The molecule has 8 nitrogen and oxygen atoms in total. The molecule has 5 heterocycles. The number of pyridine rings is 1. The van der Waals surface area contributed by atoms with E-state index in [-0.39, 0.29) is 5.82 Å². The summed E-state index contributed by atoms with van der Waals surface area (Å²) in [4.78, 5) is 19.5. The maximum Gasteiger partial charge on any atom is 0.161 e. The number of hydrogen-bond donors (Lipinski definition) is 2. The van der Waals surface area contributed by atoms with Gasteiger partial charge in [-0.15, -0.1) is 0 Å². The smallest absolute Gasteiger partial charge is 0.161 e. The SMILES string of the molecule is COc1cc(F)cc(-c2cccc3[nH]c(-c4n[nH]c5ccc(C6=CN=CN7CC7=C6)nc45)nc23)c1. The molecule has 0 aliphatic carbocycles. The number of aliphatic imine (C=N–C) groups is 1. The van der Waals surface area contributed by atoms with Crippen LogP contribution in [0.25, 0.3) is 50.3 Å². The van der Waals surface area contributed by atoms with E-state index in [0.29, 0.717) is 33.9 Å². The number of para-hydroxylation sites is 1. The quantitative estimate of drug-likeness (QED) is 0.370. The zero-order chi connectivity index (χ0) is 23.5. The van der Waals surface area contributed by atoms with Crippen LogP contribution in [0, 0.1) is 5.82 Å². The normalized spacial score (nSPS) is 14.6. The number of benzene rings is 2. The minimum atomic E-state index is -0.372. The van der Waals surface area contributed by atoms with Crippen LogP contribution in [0.5, 0.6) is 5.75 Å². The number of nitrogens with one attached hydrogen (secondary N) is 2. The van der Waals surface area contributed by atoms with Crippen LogP contribution in [0.4, 0.5) is 4.39 Å². The maximum absolute atomic E-state index is 14.2. The van der Waals surface area contributed by atoms with E-state index < -0.39 is 0 Å². The highest BCUT2D eigenvalue weighted by Crippen LogP contribution is 2.34. The Kier molecular flexibility index (Phi) is 4.13. The molecule has 0 amide bonds. The van der Waals surface area contributed by atoms with Crippen LogP contribution in [-0.4, -0.2) is 50.0 Å². The summed E-state index contributed by atoms with van der Waals surface area (Å²) in [6.45, 7) is 0.901. The summed E-state index contributed by atoms with van der Waals surface area (Å²) >= 11 is 0. The van der Waals surface area contributed by atoms with Gasteiger partial charge in [0.2, 0.25) is 0 Å². The lowest BCUT2D eigenvalue weighted by molar-refractivity contribution is 0.411. The van der Waals surface area contributed by atoms with Crippen LogP contribution in [0.1, 0.15) is 5.69 Å². The average Bonchev–Trinajstić information content (AvgIpc) is 3.31. The van der Waals surface area contributed by atoms with Crippen molar-refractivity contribution in [2.24, 2.45) is 4.99 Å². The lowest BCUT2D eigenvalue weighted by Gasteiger charge is -2.06. The molecule has 3 aromatic heterocycles. The molecule has 0 atom stereocenters. The van der Waals surface area contributed by atoms with Crippen molar-refractivity contribution in [2.75, 3.05) is 13.7 Å². The van der Waals surface area contributed by atoms with E-state index in [0.717, 1.165) is 34.4 Å². The number of fused-ring (bicyclic) bond motifs is 3. The fourth-order valence-electron chi connectivity index (χ4n) is 4.37. The first-order valence-corrected chi connectivity index (χ1v) is 11.1. The minimum absolute atomic E-state index is 0.372. The first kappa shape index (κ1) is 19.7. The molecule has 0 unspecified atom stereocenters. The van der Waals surface area contributed by atoms with Crippen molar-refractivity contribution in [1.29, 1.82) is 0 Å². The number of rotatable bonds is 4. The predicted octanol–water partition coefficient (Wildman–Crippen LogP) is 4.90. The molecule has 1 fully saturated rings. The van der Waals surface area contributed by atoms with E-state index in [4.69, 9.17) is 14.7 Å². The molecule has 170 valence electrons. The largest absolute Gasteiger partial charge is 0.497 e. The summed E-state index contributed by atoms with van der Waals surface area (Å²) in [5.41, 5.74) is 8.08. The first-order chi connectivity index (χ1) is 17.2. The lowest BCUT2D eigenvalue weighted by atomic mass is 10.0. The van der Waals surface area contributed by atoms with Crippen molar-refractivity contribution >= 4 is 34.0 Å². The molecule has 5 aromatic rings. The molecule has 2 aliphatic rings. The Labute approximate surface area is 198 Å². The third kappa shape index (κ3) is 3.28. The standard InChI is InChI=1S/C26H18FN7O/c1-35-18-9-14(7-16(27)10-18)19-3-2-4-21-23(19)31-26(30-21)25-24-22(32-33-25)6-5-20(29-24)15-8-17-12-34(17)13-28-11-15/h2-11,13H,12H2,1H3,(H,30,31)(H,32,33). The molecule has 0 saturated carbocycles. The van der Waals surface area contributed by atoms with Crippen LogP contribution in [0.3, 0.4) is 0 Å². The minimum Gasteiger partial charge on any atom is -0.497 e. The van der Waals surface area contributed by atoms with Gasteiger partial charge in [-0.3, -0.25) is 5.10 Å². The number of imidazole rings is 1. The first-order valence-electron chi connectivity index (χ1n) is 11.1. The Bertz CT molecular complexity index is 1740. The van der Waals surface area contributed by atoms with Gasteiger partial charge in [-0.2, -0.15) is 5.10 Å². The number of methoxy groups -OCH3 is 1. The van der Waals surface area contributed by atoms with Gasteiger partial charge in [0.05, 0.1) is 42.2 Å². The number of nitrogens with zero attached hydrogens (tertiary/aromatic N) is 5. The van der Waals surface area contributed by atoms with E-state index in [1.54, 1.807) is 6.07 Å². The highest BCUT2D eigenvalue weighted by Gasteiger charge is 2.25. The Morgan fingerprint density at radius 3 is 2.89 bits per heavy atom. The molecule has 0 bridgehead atoms. The van der Waals surface area contributed by atoms with Gasteiger partial charge in [-0.1, -0.05) is 12.1 Å². The van der Waals surface area contributed by atoms with Crippen molar-refractivity contribution in [3.8, 4) is 28.4 Å². The number of halogens is 1. The summed E-state index contributed by atoms with van der Waals surface area (Å²) in [7, 11) is 1.52. The highest BCUT2D eigenvalue weighted by atomic mass is 19.1. The molecule has 35 heavy (non-hydrogen) atoms. The second-order valence-electron chi connectivity index (χ2n) is 8.44. The summed E-state index contributed by atoms with van der Waals surface area (Å²) in [6, 6.07) is 14.3. The van der Waals surface area contributed by atoms with Gasteiger partial charge in [0.25, 0.3) is 0 Å². The predicted molar refractivity (Wildman–Crippen MR) is 132 cm³/mol. The van der Waals surface area contributed by atoms with Crippen LogP contribution in [0.15, 0.2) is 71.5 Å². The molecule has 2 N–H and O–H groups in total. The zero-order valence-corrected chi connectivity index (χ0v) is 18.6. The topological polar surface area (TPSA) is 94.9 Å². The number of aromatic amines is 2. The fourth-order valence-corrected chi connectivity index (χ4v) is 4.37. The summed E-state index contributed by atoms with van der Waals surface area (Å²) in [6.07, 6.45) is 5.73.